The second-order valence-electron chi connectivity index (χ2n) is 4.41. The molecule has 4 unspecified atom stereocenters. The molecular formula is C11H18N2O2S. The number of nitrogens with zero attached hydrogens (tertiary/aromatic N) is 1. The number of aliphatic hydroxyl groups is 2. The zero-order chi connectivity index (χ0) is 11.7. The number of hydrogen-bond donors (Lipinski definition) is 3. The standard InChI is InChI=1S/C11H18N2O2S/c1-7(12)11(10-3-2-4-16-10)13-5-8(14)9(15)6-13/h2-4,7-9,11,14-15H,5-6,12H2,1H3. The van der Waals surface area contributed by atoms with Crippen LogP contribution in [0.2, 0.25) is 0 Å². The lowest BCUT2D eigenvalue weighted by molar-refractivity contribution is 0.0572. The number of β-amino-alcohol motifs (C(OH)–C–C–N with tert-alkyl or cyclic N) is 2. The highest BCUT2D eigenvalue weighted by atomic mass is 32.1. The van der Waals surface area contributed by atoms with E-state index in [2.05, 4.69) is 11.0 Å². The summed E-state index contributed by atoms with van der Waals surface area (Å²) in [4.78, 5) is 3.25. The predicted molar refractivity (Wildman–Crippen MR) is 64.3 cm³/mol. The molecule has 0 bridgehead atoms. The molecule has 0 radical (unpaired) electrons. The fourth-order valence-corrected chi connectivity index (χ4v) is 3.23. The molecular weight excluding hydrogens is 224 g/mol. The SMILES string of the molecule is CC(N)C(c1cccs1)N1CC(O)C(O)C1. The quantitative estimate of drug-likeness (QED) is 0.707. The average Bonchev–Trinajstić information content (AvgIpc) is 2.79. The van der Waals surface area contributed by atoms with E-state index in [9.17, 15) is 10.2 Å². The Morgan fingerprint density at radius 3 is 2.50 bits per heavy atom. The first-order valence-electron chi connectivity index (χ1n) is 5.48. The minimum Gasteiger partial charge on any atom is -0.389 e. The minimum atomic E-state index is -0.652. The Bertz CT molecular complexity index is 319. The van der Waals surface area contributed by atoms with Crippen molar-refractivity contribution in [3.8, 4) is 0 Å². The topological polar surface area (TPSA) is 69.7 Å². The first kappa shape index (κ1) is 12.0. The van der Waals surface area contributed by atoms with Crippen molar-refractivity contribution in [3.05, 3.63) is 22.4 Å². The van der Waals surface area contributed by atoms with Crippen molar-refractivity contribution < 1.29 is 10.2 Å². The molecule has 5 heteroatoms. The average molecular weight is 242 g/mol. The van der Waals surface area contributed by atoms with Gasteiger partial charge in [-0.2, -0.15) is 0 Å². The van der Waals surface area contributed by atoms with Crippen LogP contribution in [0.5, 0.6) is 0 Å². The van der Waals surface area contributed by atoms with Gasteiger partial charge in [-0.1, -0.05) is 6.07 Å². The van der Waals surface area contributed by atoms with Gasteiger partial charge < -0.3 is 15.9 Å². The van der Waals surface area contributed by atoms with Gasteiger partial charge in [0.25, 0.3) is 0 Å². The highest BCUT2D eigenvalue weighted by Gasteiger charge is 2.36. The molecule has 0 aliphatic carbocycles. The fourth-order valence-electron chi connectivity index (χ4n) is 2.26. The summed E-state index contributed by atoms with van der Waals surface area (Å²) >= 11 is 1.66. The molecule has 0 amide bonds. The van der Waals surface area contributed by atoms with Gasteiger partial charge in [0.05, 0.1) is 18.2 Å². The number of aliphatic hydroxyl groups excluding tert-OH is 2. The second kappa shape index (κ2) is 4.81. The fraction of sp³-hybridized carbons (Fsp3) is 0.636. The number of nitrogens with two attached hydrogens (primary N) is 1. The third-order valence-corrected chi connectivity index (χ3v) is 3.96. The molecule has 0 saturated carbocycles. The summed E-state index contributed by atoms with van der Waals surface area (Å²) in [6.07, 6.45) is -1.30. The lowest BCUT2D eigenvalue weighted by atomic mass is 10.1. The van der Waals surface area contributed by atoms with Gasteiger partial charge in [-0.05, 0) is 18.4 Å². The van der Waals surface area contributed by atoms with Crippen molar-refractivity contribution in [1.82, 2.24) is 4.90 Å². The molecule has 4 atom stereocenters. The molecule has 90 valence electrons. The molecule has 1 saturated heterocycles. The number of hydrogen-bond acceptors (Lipinski definition) is 5. The van der Waals surface area contributed by atoms with Crippen LogP contribution in [-0.2, 0) is 0 Å². The molecule has 16 heavy (non-hydrogen) atoms. The third kappa shape index (κ3) is 2.28. The van der Waals surface area contributed by atoms with E-state index in [0.29, 0.717) is 13.1 Å². The molecule has 2 rings (SSSR count). The van der Waals surface area contributed by atoms with Crippen molar-refractivity contribution in [2.45, 2.75) is 31.2 Å². The predicted octanol–water partition coefficient (Wildman–Crippen LogP) is 0.174. The third-order valence-electron chi connectivity index (χ3n) is 3.01. The van der Waals surface area contributed by atoms with E-state index in [1.165, 1.54) is 4.88 Å². The maximum absolute atomic E-state index is 9.57. The number of likely N-dealkylation sites (tertiary alicyclic amines) is 1. The van der Waals surface area contributed by atoms with E-state index in [0.717, 1.165) is 0 Å². The Hall–Kier alpha value is -0.460. The summed E-state index contributed by atoms with van der Waals surface area (Å²) in [7, 11) is 0. The van der Waals surface area contributed by atoms with Crippen LogP contribution < -0.4 is 5.73 Å². The van der Waals surface area contributed by atoms with Crippen LogP contribution in [0.3, 0.4) is 0 Å². The summed E-state index contributed by atoms with van der Waals surface area (Å²) in [5, 5.41) is 21.2. The van der Waals surface area contributed by atoms with Crippen LogP contribution in [0.15, 0.2) is 17.5 Å². The van der Waals surface area contributed by atoms with Crippen LogP contribution in [-0.4, -0.2) is 46.5 Å². The minimum absolute atomic E-state index is 0.0175. The van der Waals surface area contributed by atoms with E-state index < -0.39 is 12.2 Å². The van der Waals surface area contributed by atoms with E-state index in [4.69, 9.17) is 5.73 Å². The van der Waals surface area contributed by atoms with Gasteiger partial charge in [0.2, 0.25) is 0 Å². The Labute approximate surface area is 99.3 Å². The zero-order valence-electron chi connectivity index (χ0n) is 9.28. The van der Waals surface area contributed by atoms with E-state index in [-0.39, 0.29) is 12.1 Å². The molecule has 0 aromatic carbocycles. The largest absolute Gasteiger partial charge is 0.389 e. The maximum Gasteiger partial charge on any atom is 0.0938 e. The van der Waals surface area contributed by atoms with Crippen LogP contribution in [0, 0.1) is 0 Å². The highest BCUT2D eigenvalue weighted by molar-refractivity contribution is 7.10. The Kier molecular flexibility index (Phi) is 3.61. The zero-order valence-corrected chi connectivity index (χ0v) is 10.1. The Morgan fingerprint density at radius 1 is 1.44 bits per heavy atom. The summed E-state index contributed by atoms with van der Waals surface area (Å²) in [5.74, 6) is 0. The number of thiophene rings is 1. The molecule has 4 N–H and O–H groups in total. The van der Waals surface area contributed by atoms with Crippen molar-refractivity contribution in [2.75, 3.05) is 13.1 Å². The highest BCUT2D eigenvalue weighted by Crippen LogP contribution is 2.30. The normalized spacial score (nSPS) is 30.5. The summed E-state index contributed by atoms with van der Waals surface area (Å²) in [6.45, 7) is 2.94. The van der Waals surface area contributed by atoms with E-state index >= 15 is 0 Å². The lowest BCUT2D eigenvalue weighted by Crippen LogP contribution is -2.38. The Morgan fingerprint density at radius 2 is 2.06 bits per heavy atom. The van der Waals surface area contributed by atoms with Crippen molar-refractivity contribution >= 4 is 11.3 Å². The van der Waals surface area contributed by atoms with Crippen LogP contribution in [0.1, 0.15) is 17.8 Å². The van der Waals surface area contributed by atoms with Crippen molar-refractivity contribution in [3.63, 3.8) is 0 Å². The van der Waals surface area contributed by atoms with Gasteiger partial charge in [0.1, 0.15) is 0 Å². The Balaban J connectivity index is 2.15. The van der Waals surface area contributed by atoms with Crippen LogP contribution >= 0.6 is 11.3 Å². The maximum atomic E-state index is 9.57. The van der Waals surface area contributed by atoms with Crippen molar-refractivity contribution in [1.29, 1.82) is 0 Å². The van der Waals surface area contributed by atoms with Gasteiger partial charge in [-0.25, -0.2) is 0 Å². The molecule has 1 aliphatic rings. The molecule has 0 spiro atoms. The summed E-state index contributed by atoms with van der Waals surface area (Å²) in [5.41, 5.74) is 6.00. The molecule has 1 aromatic heterocycles. The van der Waals surface area contributed by atoms with Crippen LogP contribution in [0.4, 0.5) is 0 Å². The van der Waals surface area contributed by atoms with Gasteiger partial charge in [-0.3, -0.25) is 4.90 Å². The van der Waals surface area contributed by atoms with Gasteiger partial charge in [-0.15, -0.1) is 11.3 Å². The first-order valence-corrected chi connectivity index (χ1v) is 6.36. The van der Waals surface area contributed by atoms with Gasteiger partial charge in [0.15, 0.2) is 0 Å². The number of rotatable bonds is 3. The van der Waals surface area contributed by atoms with Gasteiger partial charge >= 0.3 is 0 Å². The lowest BCUT2D eigenvalue weighted by Gasteiger charge is -2.29. The smallest absolute Gasteiger partial charge is 0.0938 e. The molecule has 1 fully saturated rings. The molecule has 1 aliphatic heterocycles. The molecule has 4 nitrogen and oxygen atoms in total. The summed E-state index contributed by atoms with van der Waals surface area (Å²) < 4.78 is 0. The summed E-state index contributed by atoms with van der Waals surface area (Å²) in [6, 6.07) is 4.12. The van der Waals surface area contributed by atoms with Crippen molar-refractivity contribution in [2.24, 2.45) is 5.73 Å². The second-order valence-corrected chi connectivity index (χ2v) is 5.39. The van der Waals surface area contributed by atoms with E-state index in [1.807, 2.05) is 18.4 Å². The van der Waals surface area contributed by atoms with E-state index in [1.54, 1.807) is 11.3 Å². The molecule has 1 aromatic rings. The van der Waals surface area contributed by atoms with Gasteiger partial charge in [0, 0.05) is 24.0 Å². The monoisotopic (exact) mass is 242 g/mol. The molecule has 2 heterocycles. The van der Waals surface area contributed by atoms with Crippen LogP contribution in [0.25, 0.3) is 0 Å². The first-order chi connectivity index (χ1) is 7.59.